The summed E-state index contributed by atoms with van der Waals surface area (Å²) in [6, 6.07) is 20.7. The van der Waals surface area contributed by atoms with Crippen molar-refractivity contribution >= 4 is 45.8 Å². The first kappa shape index (κ1) is 26.6. The van der Waals surface area contributed by atoms with E-state index in [0.717, 1.165) is 19.3 Å². The van der Waals surface area contributed by atoms with Crippen molar-refractivity contribution in [3.63, 3.8) is 0 Å². The Bertz CT molecular complexity index is 1810. The van der Waals surface area contributed by atoms with Crippen LogP contribution in [0.2, 0.25) is 0 Å². The van der Waals surface area contributed by atoms with E-state index in [1.54, 1.807) is 54.6 Å². The molecule has 0 spiro atoms. The molecule has 2 aliphatic carbocycles. The molecule has 1 aromatic heterocycles. The Balaban J connectivity index is 1.12. The van der Waals surface area contributed by atoms with Gasteiger partial charge in [-0.25, -0.2) is 9.78 Å². The molecular formula is C33H25N3O7. The van der Waals surface area contributed by atoms with Crippen LogP contribution in [0.15, 0.2) is 78.9 Å². The average molecular weight is 576 g/mol. The molecule has 3 aliphatic rings. The summed E-state index contributed by atoms with van der Waals surface area (Å²) in [7, 11) is 0. The third-order valence-electron chi connectivity index (χ3n) is 9.02. The number of imide groups is 1. The number of esters is 1. The Hall–Kier alpha value is -5.25. The molecule has 0 unspecified atom stereocenters. The number of pyridine rings is 1. The second-order valence-corrected chi connectivity index (χ2v) is 11.3. The lowest BCUT2D eigenvalue weighted by atomic mass is 9.81. The van der Waals surface area contributed by atoms with Crippen LogP contribution in [-0.2, 0) is 14.3 Å². The number of nitro groups is 1. The lowest BCUT2D eigenvalue weighted by Gasteiger charge is -2.19. The summed E-state index contributed by atoms with van der Waals surface area (Å²) in [5, 5.41) is 11.4. The number of ketones is 1. The van der Waals surface area contributed by atoms with Gasteiger partial charge in [-0.3, -0.25) is 29.4 Å². The molecule has 0 radical (unpaired) electrons. The molecule has 10 nitrogen and oxygen atoms in total. The van der Waals surface area contributed by atoms with E-state index in [-0.39, 0.29) is 40.5 Å². The van der Waals surface area contributed by atoms with Crippen LogP contribution in [-0.4, -0.2) is 40.1 Å². The van der Waals surface area contributed by atoms with Crippen LogP contribution < -0.4 is 4.90 Å². The summed E-state index contributed by atoms with van der Waals surface area (Å²) in [6.45, 7) is -0.543. The van der Waals surface area contributed by atoms with Crippen molar-refractivity contribution in [1.29, 1.82) is 0 Å². The number of aromatic nitrogens is 1. The summed E-state index contributed by atoms with van der Waals surface area (Å²) in [4.78, 5) is 68.6. The number of carbonyl (C=O) groups excluding carboxylic acids is 4. The standard InChI is InChI=1S/C33H25N3O7/c37-28(19-9-13-23(14-10-19)36(41)42)17-43-33(40)25-16-27(34-26-4-2-1-3-24(25)26)18-7-11-22(12-8-18)35-31(38)29-20-5-6-21(15-20)30(29)32(35)39/h1-4,7-14,16,20-21,29-30H,5-6,15,17H2/t20-,21-,29+,30+/m0/s1. The topological polar surface area (TPSA) is 137 Å². The Kier molecular flexibility index (Phi) is 6.34. The quantitative estimate of drug-likeness (QED) is 0.0941. The van der Waals surface area contributed by atoms with Crippen molar-refractivity contribution in [2.75, 3.05) is 11.5 Å². The van der Waals surface area contributed by atoms with Gasteiger partial charge < -0.3 is 4.74 Å². The number of ether oxygens (including phenoxy) is 1. The molecule has 4 atom stereocenters. The number of amides is 2. The van der Waals surface area contributed by atoms with Crippen molar-refractivity contribution in [3.05, 3.63) is 100 Å². The molecule has 2 amide bonds. The summed E-state index contributed by atoms with van der Waals surface area (Å²) >= 11 is 0. The third kappa shape index (κ3) is 4.46. The molecule has 3 aromatic carbocycles. The van der Waals surface area contributed by atoms with Gasteiger partial charge in [0.2, 0.25) is 11.8 Å². The Morgan fingerprint density at radius 2 is 1.56 bits per heavy atom. The van der Waals surface area contributed by atoms with Crippen LogP contribution in [0, 0.1) is 33.8 Å². The van der Waals surface area contributed by atoms with E-state index in [1.807, 2.05) is 0 Å². The number of Topliss-reactive ketones (excluding diaryl/α,β-unsaturated/α-hetero) is 1. The number of rotatable bonds is 7. The molecule has 2 saturated carbocycles. The average Bonchev–Trinajstić information content (AvgIpc) is 3.72. The van der Waals surface area contributed by atoms with Gasteiger partial charge in [-0.1, -0.05) is 30.3 Å². The van der Waals surface area contributed by atoms with Gasteiger partial charge in [0, 0.05) is 28.6 Å². The second-order valence-electron chi connectivity index (χ2n) is 11.3. The van der Waals surface area contributed by atoms with Gasteiger partial charge >= 0.3 is 5.97 Å². The van der Waals surface area contributed by atoms with Crippen LogP contribution >= 0.6 is 0 Å². The Labute approximate surface area is 245 Å². The minimum absolute atomic E-state index is 0.105. The summed E-state index contributed by atoms with van der Waals surface area (Å²) in [6.07, 6.45) is 3.01. The number of carbonyl (C=O) groups is 4. The normalized spacial score (nSPS) is 22.2. The van der Waals surface area contributed by atoms with Gasteiger partial charge in [0.25, 0.3) is 5.69 Å². The van der Waals surface area contributed by atoms with Crippen LogP contribution in [0.25, 0.3) is 22.2 Å². The van der Waals surface area contributed by atoms with E-state index in [4.69, 9.17) is 9.72 Å². The zero-order valence-corrected chi connectivity index (χ0v) is 22.8. The van der Waals surface area contributed by atoms with E-state index in [1.165, 1.54) is 29.2 Å². The van der Waals surface area contributed by atoms with E-state index < -0.39 is 23.3 Å². The number of nitro benzene ring substituents is 1. The Morgan fingerprint density at radius 3 is 2.21 bits per heavy atom. The minimum Gasteiger partial charge on any atom is -0.454 e. The zero-order valence-electron chi connectivity index (χ0n) is 22.8. The molecule has 1 aliphatic heterocycles. The molecule has 2 heterocycles. The number of benzene rings is 3. The van der Waals surface area contributed by atoms with Gasteiger partial charge in [0.1, 0.15) is 0 Å². The van der Waals surface area contributed by atoms with Gasteiger partial charge in [0.15, 0.2) is 12.4 Å². The maximum absolute atomic E-state index is 13.2. The van der Waals surface area contributed by atoms with Crippen LogP contribution in [0.5, 0.6) is 0 Å². The summed E-state index contributed by atoms with van der Waals surface area (Å²) in [5.74, 6) is -1.22. The molecule has 43 heavy (non-hydrogen) atoms. The number of nitrogens with zero attached hydrogens (tertiary/aromatic N) is 3. The molecule has 10 heteroatoms. The molecule has 4 aromatic rings. The fourth-order valence-corrected chi connectivity index (χ4v) is 7.00. The molecule has 214 valence electrons. The Morgan fingerprint density at radius 1 is 0.907 bits per heavy atom. The van der Waals surface area contributed by atoms with Gasteiger partial charge in [-0.15, -0.1) is 0 Å². The highest BCUT2D eigenvalue weighted by atomic mass is 16.6. The number of hydrogen-bond acceptors (Lipinski definition) is 8. The first-order valence-electron chi connectivity index (χ1n) is 14.1. The lowest BCUT2D eigenvalue weighted by molar-refractivity contribution is -0.384. The first-order valence-corrected chi connectivity index (χ1v) is 14.1. The predicted molar refractivity (Wildman–Crippen MR) is 155 cm³/mol. The highest BCUT2D eigenvalue weighted by molar-refractivity contribution is 6.22. The SMILES string of the molecule is O=C(COC(=O)c1cc(-c2ccc(N3C(=O)[C@@H]4[C@H]5CC[C@@H](C5)[C@H]4C3=O)cc2)nc2ccccc12)c1ccc([N+](=O)[O-])cc1. The molecule has 0 N–H and O–H groups in total. The number of fused-ring (bicyclic) bond motifs is 6. The maximum Gasteiger partial charge on any atom is 0.339 e. The number of anilines is 1. The van der Waals surface area contributed by atoms with E-state index in [9.17, 15) is 29.3 Å². The van der Waals surface area contributed by atoms with Crippen molar-refractivity contribution in [2.45, 2.75) is 19.3 Å². The van der Waals surface area contributed by atoms with Gasteiger partial charge in [-0.2, -0.15) is 0 Å². The van der Waals surface area contributed by atoms with Crippen molar-refractivity contribution in [2.24, 2.45) is 23.7 Å². The van der Waals surface area contributed by atoms with E-state index >= 15 is 0 Å². The third-order valence-corrected chi connectivity index (χ3v) is 9.02. The van der Waals surface area contributed by atoms with Crippen LogP contribution in [0.1, 0.15) is 40.0 Å². The van der Waals surface area contributed by atoms with Crippen molar-refractivity contribution in [1.82, 2.24) is 4.98 Å². The second kappa shape index (κ2) is 10.2. The fraction of sp³-hybridized carbons (Fsp3) is 0.242. The van der Waals surface area contributed by atoms with Gasteiger partial charge in [-0.05, 0) is 67.5 Å². The smallest absolute Gasteiger partial charge is 0.339 e. The molecule has 7 rings (SSSR count). The van der Waals surface area contributed by atoms with Crippen molar-refractivity contribution in [3.8, 4) is 11.3 Å². The largest absolute Gasteiger partial charge is 0.454 e. The molecule has 3 fully saturated rings. The van der Waals surface area contributed by atoms with E-state index in [2.05, 4.69) is 0 Å². The maximum atomic E-state index is 13.2. The van der Waals surface area contributed by atoms with Crippen molar-refractivity contribution < 1.29 is 28.8 Å². The number of hydrogen-bond donors (Lipinski definition) is 0. The number of non-ortho nitro benzene ring substituents is 1. The highest BCUT2D eigenvalue weighted by Gasteiger charge is 2.61. The first-order chi connectivity index (χ1) is 20.8. The molecule has 2 bridgehead atoms. The summed E-state index contributed by atoms with van der Waals surface area (Å²) < 4.78 is 5.36. The predicted octanol–water partition coefficient (Wildman–Crippen LogP) is 5.39. The van der Waals surface area contributed by atoms with Crippen LogP contribution in [0.3, 0.4) is 0 Å². The molecular weight excluding hydrogens is 550 g/mol. The zero-order chi connectivity index (χ0) is 29.8. The monoisotopic (exact) mass is 575 g/mol. The number of para-hydroxylation sites is 1. The van der Waals surface area contributed by atoms with E-state index in [0.29, 0.717) is 39.7 Å². The fourth-order valence-electron chi connectivity index (χ4n) is 7.00. The minimum atomic E-state index is -0.721. The lowest BCUT2D eigenvalue weighted by Crippen LogP contribution is -2.32. The van der Waals surface area contributed by atoms with Crippen LogP contribution in [0.4, 0.5) is 11.4 Å². The molecule has 1 saturated heterocycles. The van der Waals surface area contributed by atoms with Gasteiger partial charge in [0.05, 0.1) is 39.2 Å². The highest BCUT2D eigenvalue weighted by Crippen LogP contribution is 2.56. The summed E-state index contributed by atoms with van der Waals surface area (Å²) in [5.41, 5.74) is 2.48.